The Kier molecular flexibility index (Phi) is 6.83. The monoisotopic (exact) mass is 461 g/mol. The Morgan fingerprint density at radius 1 is 1.24 bits per heavy atom. The lowest BCUT2D eigenvalue weighted by molar-refractivity contribution is -0.152. The summed E-state index contributed by atoms with van der Waals surface area (Å²) >= 11 is 0. The molecule has 0 aromatic heterocycles. The Morgan fingerprint density at radius 3 is 2.70 bits per heavy atom. The lowest BCUT2D eigenvalue weighted by atomic mass is 9.70. The van der Waals surface area contributed by atoms with Crippen LogP contribution < -0.4 is 10.1 Å². The van der Waals surface area contributed by atoms with Gasteiger partial charge in [0.05, 0.1) is 19.1 Å². The average Bonchev–Trinajstić information content (AvgIpc) is 3.46. The molecule has 0 radical (unpaired) electrons. The summed E-state index contributed by atoms with van der Waals surface area (Å²) in [6.07, 6.45) is 12.1. The molecule has 0 bridgehead atoms. The summed E-state index contributed by atoms with van der Waals surface area (Å²) in [6, 6.07) is 6.20. The summed E-state index contributed by atoms with van der Waals surface area (Å²) in [4.78, 5) is 25.6. The number of carbonyl (C=O) groups excluding carboxylic acids is 2. The smallest absolute Gasteiger partial charge is 0.387 e. The number of alkyl halides is 2. The van der Waals surface area contributed by atoms with Crippen molar-refractivity contribution < 1.29 is 32.6 Å². The Morgan fingerprint density at radius 2 is 2.06 bits per heavy atom. The van der Waals surface area contributed by atoms with Gasteiger partial charge >= 0.3 is 12.6 Å². The number of allylic oxidation sites excluding steroid dienone is 3. The minimum Gasteiger partial charge on any atom is -0.468 e. The fourth-order valence-corrected chi connectivity index (χ4v) is 5.28. The zero-order valence-corrected chi connectivity index (χ0v) is 18.6. The molecule has 6 nitrogen and oxygen atoms in total. The average molecular weight is 462 g/mol. The van der Waals surface area contributed by atoms with Crippen LogP contribution >= 0.6 is 0 Å². The Hall–Kier alpha value is -2.74. The van der Waals surface area contributed by atoms with Gasteiger partial charge in [0.15, 0.2) is 0 Å². The maximum Gasteiger partial charge on any atom is 0.387 e. The summed E-state index contributed by atoms with van der Waals surface area (Å²) in [5, 5.41) is 3.19. The minimum atomic E-state index is -2.90. The van der Waals surface area contributed by atoms with Crippen LogP contribution in [0.5, 0.6) is 5.75 Å². The van der Waals surface area contributed by atoms with Gasteiger partial charge in [-0.15, -0.1) is 0 Å². The number of hydrogen-bond acceptors (Lipinski definition) is 5. The molecular formula is C25H29F2NO5. The van der Waals surface area contributed by atoms with Crippen molar-refractivity contribution in [1.29, 1.82) is 0 Å². The van der Waals surface area contributed by atoms with Crippen molar-refractivity contribution in [2.45, 2.75) is 50.9 Å². The largest absolute Gasteiger partial charge is 0.468 e. The third-order valence-corrected chi connectivity index (χ3v) is 7.12. The zero-order chi connectivity index (χ0) is 23.5. The van der Waals surface area contributed by atoms with E-state index in [1.165, 1.54) is 19.2 Å². The number of methoxy groups -OCH3 is 1. The topological polar surface area (TPSA) is 73.9 Å². The maximum absolute atomic E-state index is 12.8. The Balaban J connectivity index is 1.38. The van der Waals surface area contributed by atoms with Gasteiger partial charge in [-0.1, -0.05) is 42.9 Å². The van der Waals surface area contributed by atoms with Crippen LogP contribution in [0.2, 0.25) is 0 Å². The molecular weight excluding hydrogens is 432 g/mol. The van der Waals surface area contributed by atoms with Gasteiger partial charge in [-0.25, -0.2) is 0 Å². The van der Waals surface area contributed by atoms with E-state index in [0.717, 1.165) is 25.7 Å². The van der Waals surface area contributed by atoms with Crippen molar-refractivity contribution in [2.24, 2.45) is 17.3 Å². The number of amides is 1. The van der Waals surface area contributed by atoms with Gasteiger partial charge in [0, 0.05) is 11.5 Å². The van der Waals surface area contributed by atoms with Crippen LogP contribution in [0.15, 0.2) is 48.6 Å². The number of nitrogens with one attached hydrogen (secondary N) is 1. The predicted octanol–water partition coefficient (Wildman–Crippen LogP) is 4.16. The summed E-state index contributed by atoms with van der Waals surface area (Å²) in [5.74, 6) is -0.181. The van der Waals surface area contributed by atoms with Gasteiger partial charge in [0.25, 0.3) is 0 Å². The zero-order valence-electron chi connectivity index (χ0n) is 18.6. The predicted molar refractivity (Wildman–Crippen MR) is 116 cm³/mol. The van der Waals surface area contributed by atoms with E-state index in [9.17, 15) is 18.4 Å². The molecule has 3 unspecified atom stereocenters. The number of rotatable bonds is 10. The van der Waals surface area contributed by atoms with Crippen LogP contribution in [0.4, 0.5) is 8.78 Å². The van der Waals surface area contributed by atoms with Crippen molar-refractivity contribution in [3.8, 4) is 5.75 Å². The Bertz CT molecular complexity index is 944. The number of benzene rings is 1. The van der Waals surface area contributed by atoms with Gasteiger partial charge < -0.3 is 19.5 Å². The molecule has 2 saturated carbocycles. The second-order valence-corrected chi connectivity index (χ2v) is 9.02. The molecule has 1 aromatic carbocycles. The highest BCUT2D eigenvalue weighted by Gasteiger charge is 2.69. The summed E-state index contributed by atoms with van der Waals surface area (Å²) < 4.78 is 39.9. The first-order chi connectivity index (χ1) is 15.9. The molecule has 33 heavy (non-hydrogen) atoms. The molecule has 1 amide bonds. The minimum absolute atomic E-state index is 0.0314. The number of hydrogen-bond donors (Lipinski definition) is 1. The van der Waals surface area contributed by atoms with Crippen molar-refractivity contribution in [1.82, 2.24) is 5.32 Å². The molecule has 0 heterocycles. The first-order valence-corrected chi connectivity index (χ1v) is 11.2. The highest BCUT2D eigenvalue weighted by atomic mass is 19.3. The Labute approximate surface area is 192 Å². The SMILES string of the molecule is COC(=O)C1(C2CC2(NC(=O)COCc2cccc(OC(F)F)c2)C2CCC2)C=CC=CC1. The second-order valence-electron chi connectivity index (χ2n) is 9.02. The number of ether oxygens (including phenoxy) is 3. The standard InChI is InChI=1S/C25H29F2NO5/c1-31-22(30)24(11-3-2-4-12-24)20-14-25(20,18-8-6-9-18)28-21(29)16-32-15-17-7-5-10-19(13-17)33-23(26)27/h2-5,7,10-11,13,18,20,23H,6,8-9,12,14-16H2,1H3,(H,28,29). The van der Waals surface area contributed by atoms with Crippen LogP contribution in [0, 0.1) is 17.3 Å². The van der Waals surface area contributed by atoms with Gasteiger partial charge in [-0.3, -0.25) is 9.59 Å². The molecule has 3 aliphatic carbocycles. The van der Waals surface area contributed by atoms with E-state index in [0.29, 0.717) is 17.9 Å². The quantitative estimate of drug-likeness (QED) is 0.530. The van der Waals surface area contributed by atoms with Gasteiger partial charge in [-0.05, 0) is 49.3 Å². The first kappa shape index (κ1) is 23.4. The summed E-state index contributed by atoms with van der Waals surface area (Å²) in [6.45, 7) is -2.97. The fourth-order valence-electron chi connectivity index (χ4n) is 5.28. The van der Waals surface area contributed by atoms with E-state index in [-0.39, 0.29) is 36.8 Å². The van der Waals surface area contributed by atoms with Crippen LogP contribution in [0.1, 0.15) is 37.7 Å². The van der Waals surface area contributed by atoms with Crippen molar-refractivity contribution in [2.75, 3.05) is 13.7 Å². The van der Waals surface area contributed by atoms with E-state index >= 15 is 0 Å². The number of esters is 1. The van der Waals surface area contributed by atoms with Crippen LogP contribution in [0.3, 0.4) is 0 Å². The number of carbonyl (C=O) groups is 2. The van der Waals surface area contributed by atoms with Crippen molar-refractivity contribution >= 4 is 11.9 Å². The highest BCUT2D eigenvalue weighted by Crippen LogP contribution is 2.64. The molecule has 0 spiro atoms. The molecule has 1 aromatic rings. The van der Waals surface area contributed by atoms with Crippen LogP contribution in [-0.4, -0.2) is 37.7 Å². The second kappa shape index (κ2) is 9.63. The maximum atomic E-state index is 12.8. The normalized spacial score (nSPS) is 28.3. The van der Waals surface area contributed by atoms with Crippen molar-refractivity contribution in [3.05, 3.63) is 54.1 Å². The van der Waals surface area contributed by atoms with E-state index in [2.05, 4.69) is 10.1 Å². The number of halogens is 2. The molecule has 2 fully saturated rings. The van der Waals surface area contributed by atoms with Gasteiger partial charge in [0.2, 0.25) is 5.91 Å². The third kappa shape index (κ3) is 4.81. The third-order valence-electron chi connectivity index (χ3n) is 7.12. The lowest BCUT2D eigenvalue weighted by Gasteiger charge is -2.39. The van der Waals surface area contributed by atoms with E-state index in [1.807, 2.05) is 24.3 Å². The van der Waals surface area contributed by atoms with Gasteiger partial charge in [-0.2, -0.15) is 8.78 Å². The van der Waals surface area contributed by atoms with E-state index in [1.54, 1.807) is 12.1 Å². The molecule has 178 valence electrons. The first-order valence-electron chi connectivity index (χ1n) is 11.2. The molecule has 3 atom stereocenters. The van der Waals surface area contributed by atoms with Crippen molar-refractivity contribution in [3.63, 3.8) is 0 Å². The highest BCUT2D eigenvalue weighted by molar-refractivity contribution is 5.83. The summed E-state index contributed by atoms with van der Waals surface area (Å²) in [7, 11) is 1.40. The molecule has 0 aliphatic heterocycles. The lowest BCUT2D eigenvalue weighted by Crippen LogP contribution is -2.51. The fraction of sp³-hybridized carbons (Fsp3) is 0.520. The molecule has 3 aliphatic rings. The molecule has 8 heteroatoms. The van der Waals surface area contributed by atoms with E-state index in [4.69, 9.17) is 9.47 Å². The van der Waals surface area contributed by atoms with Crippen LogP contribution in [-0.2, 0) is 25.7 Å². The summed E-state index contributed by atoms with van der Waals surface area (Å²) in [5.41, 5.74) is -0.575. The van der Waals surface area contributed by atoms with Crippen LogP contribution in [0.25, 0.3) is 0 Å². The molecule has 0 saturated heterocycles. The van der Waals surface area contributed by atoms with Gasteiger partial charge in [0.1, 0.15) is 12.4 Å². The molecule has 1 N–H and O–H groups in total. The molecule has 4 rings (SSSR count). The van der Waals surface area contributed by atoms with E-state index < -0.39 is 17.6 Å².